The number of halogens is 4. The SMILES string of the molecule is Cn1cc(Cl)c(-c2ccc(C(=O)N[C@H]3CCCN(c4ccc(F)c(F)c4)C3)c(F)c2)n1. The highest BCUT2D eigenvalue weighted by atomic mass is 35.5. The first-order valence-electron chi connectivity index (χ1n) is 9.82. The quantitative estimate of drug-likeness (QED) is 0.636. The first-order chi connectivity index (χ1) is 14.8. The number of aryl methyl sites for hydroxylation is 1. The minimum atomic E-state index is -0.918. The van der Waals surface area contributed by atoms with Crippen LogP contribution in [-0.2, 0) is 7.05 Å². The molecule has 0 radical (unpaired) electrons. The minimum Gasteiger partial charge on any atom is -0.369 e. The number of nitrogens with zero attached hydrogens (tertiary/aromatic N) is 3. The predicted molar refractivity (Wildman–Crippen MR) is 113 cm³/mol. The number of carbonyl (C=O) groups is 1. The molecule has 1 N–H and O–H groups in total. The highest BCUT2D eigenvalue weighted by molar-refractivity contribution is 6.33. The highest BCUT2D eigenvalue weighted by Crippen LogP contribution is 2.28. The molecule has 1 atom stereocenters. The Morgan fingerprint density at radius 2 is 1.94 bits per heavy atom. The van der Waals surface area contributed by atoms with E-state index >= 15 is 0 Å². The van der Waals surface area contributed by atoms with Gasteiger partial charge in [0, 0.05) is 49.7 Å². The van der Waals surface area contributed by atoms with Gasteiger partial charge >= 0.3 is 0 Å². The zero-order valence-electron chi connectivity index (χ0n) is 16.7. The molecular formula is C22H20ClF3N4O. The van der Waals surface area contributed by atoms with Gasteiger partial charge in [-0.05, 0) is 37.1 Å². The predicted octanol–water partition coefficient (Wildman–Crippen LogP) is 4.56. The Kier molecular flexibility index (Phi) is 5.91. The van der Waals surface area contributed by atoms with Crippen molar-refractivity contribution in [1.82, 2.24) is 15.1 Å². The maximum Gasteiger partial charge on any atom is 0.254 e. The third-order valence-electron chi connectivity index (χ3n) is 5.30. The number of amides is 1. The summed E-state index contributed by atoms with van der Waals surface area (Å²) in [4.78, 5) is 14.5. The zero-order chi connectivity index (χ0) is 22.1. The second kappa shape index (κ2) is 8.63. The molecule has 0 bridgehead atoms. The Bertz CT molecular complexity index is 1130. The Labute approximate surface area is 182 Å². The lowest BCUT2D eigenvalue weighted by Gasteiger charge is -2.34. The largest absolute Gasteiger partial charge is 0.369 e. The topological polar surface area (TPSA) is 50.2 Å². The van der Waals surface area contributed by atoms with E-state index in [9.17, 15) is 18.0 Å². The van der Waals surface area contributed by atoms with E-state index in [1.165, 1.54) is 22.9 Å². The van der Waals surface area contributed by atoms with Crippen molar-refractivity contribution in [2.45, 2.75) is 18.9 Å². The van der Waals surface area contributed by atoms with Gasteiger partial charge in [-0.25, -0.2) is 13.2 Å². The first-order valence-corrected chi connectivity index (χ1v) is 10.2. The molecule has 3 aromatic rings. The van der Waals surface area contributed by atoms with Crippen LogP contribution in [0.3, 0.4) is 0 Å². The molecule has 31 heavy (non-hydrogen) atoms. The van der Waals surface area contributed by atoms with Gasteiger partial charge in [0.05, 0.1) is 10.6 Å². The summed E-state index contributed by atoms with van der Waals surface area (Å²) < 4.78 is 43.0. The van der Waals surface area contributed by atoms with Gasteiger partial charge in [0.15, 0.2) is 11.6 Å². The Balaban J connectivity index is 1.46. The summed E-state index contributed by atoms with van der Waals surface area (Å²) in [5.41, 5.74) is 1.37. The summed E-state index contributed by atoms with van der Waals surface area (Å²) in [7, 11) is 1.71. The summed E-state index contributed by atoms with van der Waals surface area (Å²) >= 11 is 6.11. The highest BCUT2D eigenvalue weighted by Gasteiger charge is 2.24. The molecule has 0 spiro atoms. The van der Waals surface area contributed by atoms with Gasteiger partial charge in [-0.2, -0.15) is 5.10 Å². The van der Waals surface area contributed by atoms with Crippen molar-refractivity contribution < 1.29 is 18.0 Å². The molecule has 1 fully saturated rings. The van der Waals surface area contributed by atoms with Crippen LogP contribution in [0.25, 0.3) is 11.3 Å². The summed E-state index contributed by atoms with van der Waals surface area (Å²) in [5.74, 6) is -3.03. The normalized spacial score (nSPS) is 16.4. The molecule has 0 unspecified atom stereocenters. The van der Waals surface area contributed by atoms with Crippen LogP contribution in [0.5, 0.6) is 0 Å². The van der Waals surface area contributed by atoms with E-state index in [0.717, 1.165) is 18.6 Å². The standard InChI is InChI=1S/C22H20ClF3N4O/c1-29-12-17(23)21(28-29)13-4-6-16(19(25)9-13)22(31)27-14-3-2-8-30(11-14)15-5-7-18(24)20(26)10-15/h4-7,9-10,12,14H,2-3,8,11H2,1H3,(H,27,31)/t14-/m0/s1. The molecule has 1 amide bonds. The van der Waals surface area contributed by atoms with Crippen LogP contribution in [0.2, 0.25) is 5.02 Å². The van der Waals surface area contributed by atoms with Crippen LogP contribution >= 0.6 is 11.6 Å². The minimum absolute atomic E-state index is 0.0826. The Morgan fingerprint density at radius 3 is 2.61 bits per heavy atom. The third kappa shape index (κ3) is 4.54. The van der Waals surface area contributed by atoms with E-state index in [0.29, 0.717) is 41.5 Å². The number of benzene rings is 2. The first kappa shape index (κ1) is 21.2. The van der Waals surface area contributed by atoms with Gasteiger partial charge in [0.2, 0.25) is 0 Å². The van der Waals surface area contributed by atoms with Crippen molar-refractivity contribution >= 4 is 23.2 Å². The van der Waals surface area contributed by atoms with Gasteiger partial charge in [-0.15, -0.1) is 0 Å². The van der Waals surface area contributed by atoms with Crippen molar-refractivity contribution in [2.75, 3.05) is 18.0 Å². The van der Waals surface area contributed by atoms with E-state index in [1.54, 1.807) is 19.3 Å². The number of hydrogen-bond acceptors (Lipinski definition) is 3. The number of nitrogens with one attached hydrogen (secondary N) is 1. The van der Waals surface area contributed by atoms with Gasteiger partial charge in [0.1, 0.15) is 11.5 Å². The molecule has 1 aromatic heterocycles. The summed E-state index contributed by atoms with van der Waals surface area (Å²) in [6, 6.07) is 7.71. The molecule has 1 saturated heterocycles. The van der Waals surface area contributed by atoms with Crippen molar-refractivity contribution in [3.05, 3.63) is 70.6 Å². The number of aromatic nitrogens is 2. The van der Waals surface area contributed by atoms with E-state index in [2.05, 4.69) is 10.4 Å². The van der Waals surface area contributed by atoms with Crippen LogP contribution in [0.4, 0.5) is 18.9 Å². The monoisotopic (exact) mass is 448 g/mol. The molecule has 9 heteroatoms. The van der Waals surface area contributed by atoms with Crippen molar-refractivity contribution in [3.8, 4) is 11.3 Å². The van der Waals surface area contributed by atoms with E-state index in [1.807, 2.05) is 4.90 Å². The molecule has 1 aliphatic heterocycles. The number of anilines is 1. The van der Waals surface area contributed by atoms with Crippen molar-refractivity contribution in [3.63, 3.8) is 0 Å². The molecule has 5 nitrogen and oxygen atoms in total. The van der Waals surface area contributed by atoms with Gasteiger partial charge in [-0.3, -0.25) is 9.48 Å². The molecule has 162 valence electrons. The third-order valence-corrected chi connectivity index (χ3v) is 5.57. The lowest BCUT2D eigenvalue weighted by atomic mass is 10.0. The zero-order valence-corrected chi connectivity index (χ0v) is 17.5. The Morgan fingerprint density at radius 1 is 1.13 bits per heavy atom. The second-order valence-electron chi connectivity index (χ2n) is 7.55. The fourth-order valence-corrected chi connectivity index (χ4v) is 4.06. The molecule has 0 aliphatic carbocycles. The molecule has 1 aliphatic rings. The van der Waals surface area contributed by atoms with Crippen LogP contribution in [0, 0.1) is 17.5 Å². The average molecular weight is 449 g/mol. The van der Waals surface area contributed by atoms with Crippen molar-refractivity contribution in [1.29, 1.82) is 0 Å². The Hall–Kier alpha value is -3.00. The van der Waals surface area contributed by atoms with E-state index in [4.69, 9.17) is 11.6 Å². The van der Waals surface area contributed by atoms with Crippen LogP contribution in [0.15, 0.2) is 42.6 Å². The van der Waals surface area contributed by atoms with Gasteiger partial charge in [0.25, 0.3) is 5.91 Å². The lowest BCUT2D eigenvalue weighted by Crippen LogP contribution is -2.48. The smallest absolute Gasteiger partial charge is 0.254 e. The lowest BCUT2D eigenvalue weighted by molar-refractivity contribution is 0.0929. The average Bonchev–Trinajstić information content (AvgIpc) is 3.08. The fraction of sp³-hybridized carbons (Fsp3) is 0.273. The van der Waals surface area contributed by atoms with Crippen LogP contribution in [0.1, 0.15) is 23.2 Å². The van der Waals surface area contributed by atoms with E-state index < -0.39 is 23.4 Å². The van der Waals surface area contributed by atoms with Gasteiger partial charge < -0.3 is 10.2 Å². The van der Waals surface area contributed by atoms with Crippen LogP contribution < -0.4 is 10.2 Å². The molecule has 4 rings (SSSR count). The maximum atomic E-state index is 14.7. The molecule has 2 aromatic carbocycles. The second-order valence-corrected chi connectivity index (χ2v) is 7.96. The fourth-order valence-electron chi connectivity index (χ4n) is 3.78. The molecule has 0 saturated carbocycles. The maximum absolute atomic E-state index is 14.7. The molecule has 2 heterocycles. The van der Waals surface area contributed by atoms with Crippen LogP contribution in [-0.4, -0.2) is 34.8 Å². The number of piperidine rings is 1. The number of hydrogen-bond donors (Lipinski definition) is 1. The number of rotatable bonds is 4. The van der Waals surface area contributed by atoms with Gasteiger partial charge in [-0.1, -0.05) is 17.7 Å². The summed E-state index contributed by atoms with van der Waals surface area (Å²) in [5, 5.41) is 7.43. The van der Waals surface area contributed by atoms with Crippen molar-refractivity contribution in [2.24, 2.45) is 7.05 Å². The van der Waals surface area contributed by atoms with E-state index in [-0.39, 0.29) is 11.6 Å². The summed E-state index contributed by atoms with van der Waals surface area (Å²) in [6.07, 6.45) is 3.07. The molecular weight excluding hydrogens is 429 g/mol. The summed E-state index contributed by atoms with van der Waals surface area (Å²) in [6.45, 7) is 1.07. The number of carbonyl (C=O) groups excluding carboxylic acids is 1.